The topological polar surface area (TPSA) is 69.4 Å². The number of benzene rings is 1. The summed E-state index contributed by atoms with van der Waals surface area (Å²) < 4.78 is 44.6. The molecule has 1 aromatic rings. The van der Waals surface area contributed by atoms with Crippen molar-refractivity contribution in [1.82, 2.24) is 0 Å². The van der Waals surface area contributed by atoms with Gasteiger partial charge in [0.05, 0.1) is 13.0 Å². The maximum absolute atomic E-state index is 13.8. The van der Waals surface area contributed by atoms with E-state index in [1.165, 1.54) is 6.08 Å². The van der Waals surface area contributed by atoms with E-state index in [-0.39, 0.29) is 24.0 Å². The van der Waals surface area contributed by atoms with Crippen molar-refractivity contribution in [2.75, 3.05) is 7.11 Å². The zero-order chi connectivity index (χ0) is 16.4. The van der Waals surface area contributed by atoms with Gasteiger partial charge in [-0.15, -0.1) is 0 Å². The van der Waals surface area contributed by atoms with Crippen molar-refractivity contribution in [3.63, 3.8) is 0 Å². The Morgan fingerprint density at radius 3 is 2.50 bits per heavy atom. The monoisotopic (exact) mass is 315 g/mol. The van der Waals surface area contributed by atoms with Crippen LogP contribution in [0.2, 0.25) is 0 Å². The maximum Gasteiger partial charge on any atom is 0.333 e. The molecule has 0 fully saturated rings. The average Bonchev–Trinajstić information content (AvgIpc) is 2.49. The molecule has 8 heteroatoms. The summed E-state index contributed by atoms with van der Waals surface area (Å²) in [5.41, 5.74) is -0.163. The quantitative estimate of drug-likeness (QED) is 0.372. The van der Waals surface area contributed by atoms with Gasteiger partial charge < -0.3 is 4.74 Å². The molecule has 0 unspecified atom stereocenters. The number of halogens is 3. The number of esters is 1. The lowest BCUT2D eigenvalue weighted by Gasteiger charge is -2.25. The van der Waals surface area contributed by atoms with Gasteiger partial charge in [0.1, 0.15) is 5.82 Å². The van der Waals surface area contributed by atoms with Crippen LogP contribution >= 0.6 is 0 Å². The Labute approximate surface area is 123 Å². The molecule has 0 amide bonds. The summed E-state index contributed by atoms with van der Waals surface area (Å²) >= 11 is 0. The van der Waals surface area contributed by atoms with E-state index in [1.807, 2.05) is 0 Å². The van der Waals surface area contributed by atoms with Gasteiger partial charge in [-0.1, -0.05) is 6.08 Å². The molecule has 0 saturated heterocycles. The van der Waals surface area contributed by atoms with Gasteiger partial charge in [-0.25, -0.2) is 18.0 Å². The Hall–Kier alpha value is -2.38. The summed E-state index contributed by atoms with van der Waals surface area (Å²) in [4.78, 5) is 22.0. The first-order valence-electron chi connectivity index (χ1n) is 6.40. The van der Waals surface area contributed by atoms with E-state index in [9.17, 15) is 28.1 Å². The SMILES string of the molecule is COC(=O)C1=CC[C@H](c2cc(F)c(F)cc2F)[C@@H]([N+](=O)[O-])C1. The van der Waals surface area contributed by atoms with Crippen molar-refractivity contribution >= 4 is 5.97 Å². The minimum absolute atomic E-state index is 0.0436. The number of nitro groups is 1. The summed E-state index contributed by atoms with van der Waals surface area (Å²) in [6.07, 6.45) is 1.10. The standard InChI is InChI=1S/C14H12F3NO4/c1-22-14(19)7-2-3-8(13(4-7)18(20)21)9-5-11(16)12(17)6-10(9)15/h2,5-6,8,13H,3-4H2,1H3/t8-,13+/m1/s1. The molecule has 0 aromatic heterocycles. The summed E-state index contributed by atoms with van der Waals surface area (Å²) in [6, 6.07) is -0.331. The second kappa shape index (κ2) is 6.17. The van der Waals surface area contributed by atoms with Gasteiger partial charge >= 0.3 is 5.97 Å². The van der Waals surface area contributed by atoms with Crippen LogP contribution in [0.5, 0.6) is 0 Å². The van der Waals surface area contributed by atoms with Gasteiger partial charge in [0.25, 0.3) is 0 Å². The molecule has 118 valence electrons. The Morgan fingerprint density at radius 1 is 1.27 bits per heavy atom. The first kappa shape index (κ1) is 16.0. The van der Waals surface area contributed by atoms with Gasteiger partial charge in [0, 0.05) is 28.5 Å². The summed E-state index contributed by atoms with van der Waals surface area (Å²) in [6.45, 7) is 0. The molecule has 2 atom stereocenters. The van der Waals surface area contributed by atoms with Crippen LogP contribution in [0.25, 0.3) is 0 Å². The number of carbonyl (C=O) groups is 1. The molecule has 0 aliphatic heterocycles. The third-order valence-electron chi connectivity index (χ3n) is 3.67. The number of hydrogen-bond acceptors (Lipinski definition) is 4. The lowest BCUT2D eigenvalue weighted by molar-refractivity contribution is -0.526. The molecule has 0 bridgehead atoms. The fourth-order valence-corrected chi connectivity index (χ4v) is 2.55. The fraction of sp³-hybridized carbons (Fsp3) is 0.357. The number of methoxy groups -OCH3 is 1. The van der Waals surface area contributed by atoms with E-state index < -0.39 is 40.3 Å². The molecule has 0 saturated carbocycles. The highest BCUT2D eigenvalue weighted by atomic mass is 19.2. The Kier molecular flexibility index (Phi) is 4.48. The molecule has 1 aliphatic rings. The van der Waals surface area contributed by atoms with E-state index in [0.29, 0.717) is 12.1 Å². The molecular formula is C14H12F3NO4. The minimum atomic E-state index is -1.36. The number of ether oxygens (including phenoxy) is 1. The van der Waals surface area contributed by atoms with Crippen molar-refractivity contribution < 1.29 is 27.6 Å². The van der Waals surface area contributed by atoms with Crippen LogP contribution in [0, 0.1) is 27.6 Å². The van der Waals surface area contributed by atoms with Crippen molar-refractivity contribution in [3.8, 4) is 0 Å². The van der Waals surface area contributed by atoms with Crippen LogP contribution < -0.4 is 0 Å². The van der Waals surface area contributed by atoms with Gasteiger partial charge in [0.2, 0.25) is 6.04 Å². The van der Waals surface area contributed by atoms with Gasteiger partial charge in [-0.3, -0.25) is 10.1 Å². The molecule has 0 heterocycles. The number of nitrogens with zero attached hydrogens (tertiary/aromatic N) is 1. The van der Waals surface area contributed by atoms with Crippen LogP contribution in [-0.4, -0.2) is 24.0 Å². The summed E-state index contributed by atoms with van der Waals surface area (Å²) in [7, 11) is 1.14. The Bertz CT molecular complexity index is 660. The van der Waals surface area contributed by atoms with E-state index >= 15 is 0 Å². The summed E-state index contributed by atoms with van der Waals surface area (Å²) in [5, 5.41) is 11.2. The normalized spacial score (nSPS) is 21.2. The average molecular weight is 315 g/mol. The van der Waals surface area contributed by atoms with Crippen molar-refractivity contribution in [2.45, 2.75) is 24.8 Å². The predicted octanol–water partition coefficient (Wildman–Crippen LogP) is 2.73. The van der Waals surface area contributed by atoms with Gasteiger partial charge in [-0.05, 0) is 12.5 Å². The lowest BCUT2D eigenvalue weighted by atomic mass is 9.80. The summed E-state index contributed by atoms with van der Waals surface area (Å²) in [5.74, 6) is -5.37. The predicted molar refractivity (Wildman–Crippen MR) is 69.2 cm³/mol. The van der Waals surface area contributed by atoms with E-state index in [0.717, 1.165) is 7.11 Å². The van der Waals surface area contributed by atoms with Crippen LogP contribution in [0.3, 0.4) is 0 Å². The van der Waals surface area contributed by atoms with Crippen LogP contribution in [0.4, 0.5) is 13.2 Å². The number of hydrogen-bond donors (Lipinski definition) is 0. The number of carbonyl (C=O) groups excluding carboxylic acids is 1. The van der Waals surface area contributed by atoms with E-state index in [2.05, 4.69) is 4.74 Å². The maximum atomic E-state index is 13.8. The number of allylic oxidation sites excluding steroid dienone is 1. The first-order valence-corrected chi connectivity index (χ1v) is 6.40. The van der Waals surface area contributed by atoms with Crippen molar-refractivity contribution in [1.29, 1.82) is 0 Å². The third-order valence-corrected chi connectivity index (χ3v) is 3.67. The van der Waals surface area contributed by atoms with Crippen LogP contribution in [0.15, 0.2) is 23.8 Å². The van der Waals surface area contributed by atoms with Crippen LogP contribution in [-0.2, 0) is 9.53 Å². The first-order chi connectivity index (χ1) is 10.3. The minimum Gasteiger partial charge on any atom is -0.466 e. The Morgan fingerprint density at radius 2 is 1.91 bits per heavy atom. The Balaban J connectivity index is 2.42. The smallest absolute Gasteiger partial charge is 0.333 e. The molecular weight excluding hydrogens is 303 g/mol. The molecule has 2 rings (SSSR count). The zero-order valence-corrected chi connectivity index (χ0v) is 11.5. The third kappa shape index (κ3) is 2.95. The van der Waals surface area contributed by atoms with Gasteiger partial charge in [-0.2, -0.15) is 0 Å². The second-order valence-corrected chi connectivity index (χ2v) is 4.91. The van der Waals surface area contributed by atoms with Crippen molar-refractivity contribution in [3.05, 3.63) is 56.9 Å². The molecule has 5 nitrogen and oxygen atoms in total. The molecule has 1 aliphatic carbocycles. The van der Waals surface area contributed by atoms with Crippen molar-refractivity contribution in [2.24, 2.45) is 0 Å². The highest BCUT2D eigenvalue weighted by Crippen LogP contribution is 2.36. The lowest BCUT2D eigenvalue weighted by Crippen LogP contribution is -2.32. The van der Waals surface area contributed by atoms with E-state index in [4.69, 9.17) is 0 Å². The van der Waals surface area contributed by atoms with E-state index in [1.54, 1.807) is 0 Å². The second-order valence-electron chi connectivity index (χ2n) is 4.91. The number of rotatable bonds is 3. The zero-order valence-electron chi connectivity index (χ0n) is 11.5. The molecule has 0 radical (unpaired) electrons. The molecule has 0 N–H and O–H groups in total. The van der Waals surface area contributed by atoms with Crippen LogP contribution in [0.1, 0.15) is 24.3 Å². The highest BCUT2D eigenvalue weighted by Gasteiger charge is 2.39. The molecule has 0 spiro atoms. The molecule has 22 heavy (non-hydrogen) atoms. The fourth-order valence-electron chi connectivity index (χ4n) is 2.55. The molecule has 1 aromatic carbocycles. The highest BCUT2D eigenvalue weighted by molar-refractivity contribution is 5.88. The largest absolute Gasteiger partial charge is 0.466 e. The van der Waals surface area contributed by atoms with Gasteiger partial charge in [0.15, 0.2) is 11.6 Å².